The van der Waals surface area contributed by atoms with Crippen LogP contribution < -0.4 is 5.32 Å². The largest absolute Gasteiger partial charge is 0.462 e. The molecular weight excluding hydrogens is 238 g/mol. The highest BCUT2D eigenvalue weighted by Crippen LogP contribution is 2.60. The summed E-state index contributed by atoms with van der Waals surface area (Å²) in [5.74, 6) is 4.71. The molecule has 0 aromatic carbocycles. The van der Waals surface area contributed by atoms with E-state index in [9.17, 15) is 0 Å². The van der Waals surface area contributed by atoms with E-state index in [0.717, 1.165) is 35.8 Å². The molecule has 0 saturated heterocycles. The number of rotatable bonds is 6. The van der Waals surface area contributed by atoms with Gasteiger partial charge in [-0.15, -0.1) is 0 Å². The van der Waals surface area contributed by atoms with Crippen molar-refractivity contribution < 1.29 is 9.15 Å². The Kier molecular flexibility index (Phi) is 3.94. The number of nitrogens with one attached hydrogen (secondary N) is 1. The Morgan fingerprint density at radius 1 is 1.32 bits per heavy atom. The number of fused-ring (bicyclic) bond motifs is 1. The summed E-state index contributed by atoms with van der Waals surface area (Å²) in [4.78, 5) is 0. The van der Waals surface area contributed by atoms with Crippen molar-refractivity contribution >= 4 is 0 Å². The Balaban J connectivity index is 1.73. The molecule has 19 heavy (non-hydrogen) atoms. The van der Waals surface area contributed by atoms with Crippen LogP contribution in [0.5, 0.6) is 0 Å². The number of methoxy groups -OCH3 is 1. The molecule has 0 aliphatic heterocycles. The topological polar surface area (TPSA) is 34.4 Å². The van der Waals surface area contributed by atoms with Crippen LogP contribution in [0.4, 0.5) is 0 Å². The Morgan fingerprint density at radius 2 is 2.05 bits per heavy atom. The summed E-state index contributed by atoms with van der Waals surface area (Å²) in [5, 5.41) is 3.64. The molecular formula is C16H25NO2. The first-order chi connectivity index (χ1) is 9.35. The van der Waals surface area contributed by atoms with Crippen molar-refractivity contribution in [1.29, 1.82) is 0 Å². The summed E-state index contributed by atoms with van der Waals surface area (Å²) in [5.41, 5.74) is 0. The fraction of sp³-hybridized carbons (Fsp3) is 0.750. The highest BCUT2D eigenvalue weighted by Gasteiger charge is 2.54. The Morgan fingerprint density at radius 3 is 2.68 bits per heavy atom. The maximum Gasteiger partial charge on any atom is 0.129 e. The van der Waals surface area contributed by atoms with Gasteiger partial charge < -0.3 is 14.5 Å². The second kappa shape index (κ2) is 5.68. The SMILES string of the molecule is CCNC(c1ccc(COC)o1)C1C2CCCCC21. The third kappa shape index (κ3) is 2.59. The van der Waals surface area contributed by atoms with Crippen LogP contribution in [0.3, 0.4) is 0 Å². The molecule has 2 aliphatic rings. The van der Waals surface area contributed by atoms with Gasteiger partial charge in [0.15, 0.2) is 0 Å². The molecule has 1 N–H and O–H groups in total. The lowest BCUT2D eigenvalue weighted by atomic mass is 10.0. The molecule has 2 fully saturated rings. The van der Waals surface area contributed by atoms with Crippen molar-refractivity contribution in [1.82, 2.24) is 5.32 Å². The Bertz CT molecular complexity index is 403. The summed E-state index contributed by atoms with van der Waals surface area (Å²) >= 11 is 0. The van der Waals surface area contributed by atoms with Gasteiger partial charge in [0.2, 0.25) is 0 Å². The van der Waals surface area contributed by atoms with Crippen LogP contribution in [0.2, 0.25) is 0 Å². The summed E-state index contributed by atoms with van der Waals surface area (Å²) < 4.78 is 11.1. The van der Waals surface area contributed by atoms with E-state index in [-0.39, 0.29) is 0 Å². The van der Waals surface area contributed by atoms with Crippen molar-refractivity contribution in [3.8, 4) is 0 Å². The fourth-order valence-electron chi connectivity index (χ4n) is 3.97. The molecule has 3 heteroatoms. The highest BCUT2D eigenvalue weighted by molar-refractivity contribution is 5.17. The molecule has 2 aliphatic carbocycles. The van der Waals surface area contributed by atoms with Gasteiger partial charge in [-0.1, -0.05) is 19.8 Å². The third-order valence-corrected chi connectivity index (χ3v) is 4.81. The smallest absolute Gasteiger partial charge is 0.129 e. The summed E-state index contributed by atoms with van der Waals surface area (Å²) in [6.45, 7) is 3.75. The van der Waals surface area contributed by atoms with Gasteiger partial charge in [-0.05, 0) is 49.3 Å². The zero-order chi connectivity index (χ0) is 13.2. The van der Waals surface area contributed by atoms with Crippen molar-refractivity contribution in [2.75, 3.05) is 13.7 Å². The average Bonchev–Trinajstić information content (AvgIpc) is 2.96. The second-order valence-electron chi connectivity index (χ2n) is 5.96. The fourth-order valence-corrected chi connectivity index (χ4v) is 3.97. The lowest BCUT2D eigenvalue weighted by Crippen LogP contribution is -2.23. The first-order valence-electron chi connectivity index (χ1n) is 7.66. The lowest BCUT2D eigenvalue weighted by Gasteiger charge is -2.16. The van der Waals surface area contributed by atoms with Gasteiger partial charge in [-0.25, -0.2) is 0 Å². The van der Waals surface area contributed by atoms with Crippen LogP contribution in [-0.4, -0.2) is 13.7 Å². The molecule has 3 unspecified atom stereocenters. The van der Waals surface area contributed by atoms with Crippen LogP contribution in [0.1, 0.15) is 50.2 Å². The lowest BCUT2D eigenvalue weighted by molar-refractivity contribution is 0.160. The molecule has 1 heterocycles. The molecule has 1 aromatic rings. The van der Waals surface area contributed by atoms with E-state index < -0.39 is 0 Å². The summed E-state index contributed by atoms with van der Waals surface area (Å²) in [7, 11) is 1.71. The highest BCUT2D eigenvalue weighted by atomic mass is 16.5. The molecule has 0 bridgehead atoms. The maximum atomic E-state index is 5.96. The van der Waals surface area contributed by atoms with E-state index >= 15 is 0 Å². The molecule has 3 nitrogen and oxygen atoms in total. The first kappa shape index (κ1) is 13.2. The van der Waals surface area contributed by atoms with Gasteiger partial charge >= 0.3 is 0 Å². The number of ether oxygens (including phenoxy) is 1. The number of hydrogen-bond donors (Lipinski definition) is 1. The van der Waals surface area contributed by atoms with Gasteiger partial charge in [0.05, 0.1) is 6.04 Å². The van der Waals surface area contributed by atoms with Crippen LogP contribution in [0.15, 0.2) is 16.5 Å². The minimum Gasteiger partial charge on any atom is -0.462 e. The molecule has 0 spiro atoms. The summed E-state index contributed by atoms with van der Waals surface area (Å²) in [6, 6.07) is 4.59. The van der Waals surface area contributed by atoms with Crippen LogP contribution in [0, 0.1) is 17.8 Å². The van der Waals surface area contributed by atoms with E-state index in [2.05, 4.69) is 24.4 Å². The second-order valence-corrected chi connectivity index (χ2v) is 5.96. The van der Waals surface area contributed by atoms with Crippen LogP contribution >= 0.6 is 0 Å². The quantitative estimate of drug-likeness (QED) is 0.853. The Hall–Kier alpha value is -0.800. The molecule has 3 atom stereocenters. The van der Waals surface area contributed by atoms with Crippen molar-refractivity contribution in [3.63, 3.8) is 0 Å². The summed E-state index contributed by atoms with van der Waals surface area (Å²) in [6.07, 6.45) is 5.68. The van der Waals surface area contributed by atoms with Gasteiger partial charge in [0.25, 0.3) is 0 Å². The minimum atomic E-state index is 0.406. The number of furan rings is 1. The maximum absolute atomic E-state index is 5.96. The third-order valence-electron chi connectivity index (χ3n) is 4.81. The first-order valence-corrected chi connectivity index (χ1v) is 7.66. The van der Waals surface area contributed by atoms with E-state index in [1.54, 1.807) is 7.11 Å². The predicted octanol–water partition coefficient (Wildman–Crippen LogP) is 3.51. The molecule has 0 amide bonds. The molecule has 2 saturated carbocycles. The van der Waals surface area contributed by atoms with Crippen molar-refractivity contribution in [3.05, 3.63) is 23.7 Å². The zero-order valence-corrected chi connectivity index (χ0v) is 12.0. The van der Waals surface area contributed by atoms with Crippen LogP contribution in [0.25, 0.3) is 0 Å². The van der Waals surface area contributed by atoms with Crippen molar-refractivity contribution in [2.24, 2.45) is 17.8 Å². The van der Waals surface area contributed by atoms with Gasteiger partial charge in [-0.3, -0.25) is 0 Å². The van der Waals surface area contributed by atoms with E-state index in [1.165, 1.54) is 25.7 Å². The predicted molar refractivity (Wildman–Crippen MR) is 74.8 cm³/mol. The zero-order valence-electron chi connectivity index (χ0n) is 12.0. The Labute approximate surface area is 115 Å². The van der Waals surface area contributed by atoms with Crippen molar-refractivity contribution in [2.45, 2.75) is 45.3 Å². The van der Waals surface area contributed by atoms with Crippen LogP contribution in [-0.2, 0) is 11.3 Å². The van der Waals surface area contributed by atoms with Gasteiger partial charge in [-0.2, -0.15) is 0 Å². The molecule has 3 rings (SSSR count). The normalized spacial score (nSPS) is 30.9. The standard InChI is InChI=1S/C16H25NO2/c1-3-17-16(14-9-8-11(19-14)10-18-2)15-12-6-4-5-7-13(12)15/h8-9,12-13,15-17H,3-7,10H2,1-2H3. The molecule has 106 valence electrons. The molecule has 1 aromatic heterocycles. The van der Waals surface area contributed by atoms with E-state index in [0.29, 0.717) is 12.6 Å². The molecule has 0 radical (unpaired) electrons. The monoisotopic (exact) mass is 263 g/mol. The average molecular weight is 263 g/mol. The van der Waals surface area contributed by atoms with Gasteiger partial charge in [0, 0.05) is 7.11 Å². The van der Waals surface area contributed by atoms with E-state index in [4.69, 9.17) is 9.15 Å². The van der Waals surface area contributed by atoms with Gasteiger partial charge in [0.1, 0.15) is 18.1 Å². The number of hydrogen-bond acceptors (Lipinski definition) is 3. The van der Waals surface area contributed by atoms with E-state index in [1.807, 2.05) is 0 Å². The minimum absolute atomic E-state index is 0.406.